The van der Waals surface area contributed by atoms with Crippen LogP contribution in [0.4, 0.5) is 0 Å². The van der Waals surface area contributed by atoms with Gasteiger partial charge in [0, 0.05) is 19.6 Å². The summed E-state index contributed by atoms with van der Waals surface area (Å²) >= 11 is 0. The van der Waals surface area contributed by atoms with Gasteiger partial charge in [0.2, 0.25) is 0 Å². The number of hydrogen-bond acceptors (Lipinski definition) is 2. The van der Waals surface area contributed by atoms with Crippen molar-refractivity contribution in [3.05, 3.63) is 24.3 Å². The summed E-state index contributed by atoms with van der Waals surface area (Å²) in [6, 6.07) is 0. The van der Waals surface area contributed by atoms with E-state index < -0.39 is 0 Å². The molecule has 0 heterocycles. The molecule has 0 atom stereocenters. The second-order valence-electron chi connectivity index (χ2n) is 4.27. The molecule has 0 aliphatic heterocycles. The van der Waals surface area contributed by atoms with Gasteiger partial charge in [-0.1, -0.05) is 44.1 Å². The Morgan fingerprint density at radius 1 is 0.833 bits per heavy atom. The van der Waals surface area contributed by atoms with Crippen molar-refractivity contribution < 1.29 is 9.47 Å². The van der Waals surface area contributed by atoms with E-state index in [1.807, 2.05) is 13.8 Å². The molecule has 0 bridgehead atoms. The van der Waals surface area contributed by atoms with Crippen molar-refractivity contribution in [3.8, 4) is 0 Å². The van der Waals surface area contributed by atoms with Gasteiger partial charge in [-0.2, -0.15) is 0 Å². The topological polar surface area (TPSA) is 18.5 Å². The van der Waals surface area contributed by atoms with Crippen molar-refractivity contribution in [2.75, 3.05) is 13.2 Å². The zero-order valence-electron chi connectivity index (χ0n) is 12.4. The second kappa shape index (κ2) is 14.5. The highest BCUT2D eigenvalue weighted by Crippen LogP contribution is 2.05. The Labute approximate surface area is 113 Å². The van der Waals surface area contributed by atoms with E-state index in [0.717, 1.165) is 12.8 Å². The van der Waals surface area contributed by atoms with E-state index in [-0.39, 0.29) is 6.29 Å². The molecule has 0 saturated carbocycles. The average Bonchev–Trinajstić information content (AvgIpc) is 2.37. The van der Waals surface area contributed by atoms with Gasteiger partial charge in [-0.05, 0) is 33.1 Å². The van der Waals surface area contributed by atoms with E-state index in [9.17, 15) is 0 Å². The highest BCUT2D eigenvalue weighted by atomic mass is 16.7. The Balaban J connectivity index is 3.55. The quantitative estimate of drug-likeness (QED) is 0.281. The maximum Gasteiger partial charge on any atom is 0.157 e. The van der Waals surface area contributed by atoms with E-state index in [1.165, 1.54) is 25.7 Å². The van der Waals surface area contributed by atoms with Gasteiger partial charge in [0.15, 0.2) is 6.29 Å². The zero-order valence-corrected chi connectivity index (χ0v) is 12.4. The zero-order chi connectivity index (χ0) is 13.5. The molecule has 0 radical (unpaired) electrons. The molecule has 0 aromatic heterocycles. The fraction of sp³-hybridized carbons (Fsp3) is 0.750. The summed E-state index contributed by atoms with van der Waals surface area (Å²) in [7, 11) is 0. The van der Waals surface area contributed by atoms with Crippen LogP contribution in [0.5, 0.6) is 0 Å². The molecule has 0 aromatic carbocycles. The van der Waals surface area contributed by atoms with Crippen LogP contribution in [0, 0.1) is 0 Å². The fourth-order valence-electron chi connectivity index (χ4n) is 1.68. The van der Waals surface area contributed by atoms with E-state index in [2.05, 4.69) is 31.2 Å². The highest BCUT2D eigenvalue weighted by Gasteiger charge is 2.05. The molecule has 0 aliphatic carbocycles. The first-order valence-corrected chi connectivity index (χ1v) is 7.39. The summed E-state index contributed by atoms with van der Waals surface area (Å²) in [5, 5.41) is 0. The van der Waals surface area contributed by atoms with Gasteiger partial charge >= 0.3 is 0 Å². The lowest BCUT2D eigenvalue weighted by atomic mass is 10.2. The van der Waals surface area contributed by atoms with Crippen LogP contribution in [0.25, 0.3) is 0 Å². The molecule has 2 heteroatoms. The van der Waals surface area contributed by atoms with Crippen molar-refractivity contribution in [2.24, 2.45) is 0 Å². The van der Waals surface area contributed by atoms with Gasteiger partial charge in [0.05, 0.1) is 0 Å². The Hall–Kier alpha value is -0.600. The van der Waals surface area contributed by atoms with Gasteiger partial charge in [-0.3, -0.25) is 0 Å². The highest BCUT2D eigenvalue weighted by molar-refractivity contribution is 5.02. The molecule has 18 heavy (non-hydrogen) atoms. The standard InChI is InChI=1S/C16H30O2/c1-4-7-8-9-10-11-12-13-14-15-16(17-5-2)18-6-3/h10-13,16H,4-9,14-15H2,1-3H3/b11-10-,13-12+. The molecule has 0 amide bonds. The van der Waals surface area contributed by atoms with Gasteiger partial charge in [-0.15, -0.1) is 0 Å². The van der Waals surface area contributed by atoms with E-state index in [0.29, 0.717) is 13.2 Å². The molecule has 0 N–H and O–H groups in total. The first kappa shape index (κ1) is 17.4. The van der Waals surface area contributed by atoms with Crippen molar-refractivity contribution >= 4 is 0 Å². The molecule has 0 aromatic rings. The van der Waals surface area contributed by atoms with Crippen molar-refractivity contribution in [1.29, 1.82) is 0 Å². The van der Waals surface area contributed by atoms with Crippen LogP contribution in [-0.4, -0.2) is 19.5 Å². The minimum absolute atomic E-state index is 0.0433. The third kappa shape index (κ3) is 11.9. The van der Waals surface area contributed by atoms with Crippen molar-refractivity contribution in [1.82, 2.24) is 0 Å². The fourth-order valence-corrected chi connectivity index (χ4v) is 1.68. The predicted octanol–water partition coefficient (Wildman–Crippen LogP) is 4.86. The molecule has 0 saturated heterocycles. The monoisotopic (exact) mass is 254 g/mol. The molecular formula is C16H30O2. The van der Waals surface area contributed by atoms with Gasteiger partial charge in [0.25, 0.3) is 0 Å². The molecular weight excluding hydrogens is 224 g/mol. The summed E-state index contributed by atoms with van der Waals surface area (Å²) in [5.74, 6) is 0. The predicted molar refractivity (Wildman–Crippen MR) is 78.7 cm³/mol. The van der Waals surface area contributed by atoms with Crippen LogP contribution in [0.1, 0.15) is 59.3 Å². The normalized spacial score (nSPS) is 12.2. The summed E-state index contributed by atoms with van der Waals surface area (Å²) in [4.78, 5) is 0. The summed E-state index contributed by atoms with van der Waals surface area (Å²) in [5.41, 5.74) is 0. The first-order chi connectivity index (χ1) is 8.85. The van der Waals surface area contributed by atoms with E-state index in [4.69, 9.17) is 9.47 Å². The first-order valence-electron chi connectivity index (χ1n) is 7.39. The van der Waals surface area contributed by atoms with Crippen LogP contribution >= 0.6 is 0 Å². The number of rotatable bonds is 12. The minimum Gasteiger partial charge on any atom is -0.353 e. The van der Waals surface area contributed by atoms with Crippen molar-refractivity contribution in [2.45, 2.75) is 65.6 Å². The molecule has 2 nitrogen and oxygen atoms in total. The molecule has 0 aliphatic rings. The Morgan fingerprint density at radius 2 is 1.44 bits per heavy atom. The Kier molecular flexibility index (Phi) is 14.0. The Bertz CT molecular complexity index is 203. The van der Waals surface area contributed by atoms with Crippen LogP contribution in [0.15, 0.2) is 24.3 Å². The third-order valence-corrected chi connectivity index (χ3v) is 2.63. The van der Waals surface area contributed by atoms with Gasteiger partial charge in [-0.25, -0.2) is 0 Å². The van der Waals surface area contributed by atoms with E-state index in [1.54, 1.807) is 0 Å². The van der Waals surface area contributed by atoms with Crippen LogP contribution in [0.2, 0.25) is 0 Å². The maximum absolute atomic E-state index is 5.48. The number of hydrogen-bond donors (Lipinski definition) is 0. The van der Waals surface area contributed by atoms with Gasteiger partial charge in [0.1, 0.15) is 0 Å². The molecule has 0 unspecified atom stereocenters. The average molecular weight is 254 g/mol. The van der Waals surface area contributed by atoms with Gasteiger partial charge < -0.3 is 9.47 Å². The number of allylic oxidation sites excluding steroid dienone is 4. The molecule has 106 valence electrons. The smallest absolute Gasteiger partial charge is 0.157 e. The largest absolute Gasteiger partial charge is 0.353 e. The molecule has 0 spiro atoms. The van der Waals surface area contributed by atoms with Crippen molar-refractivity contribution in [3.63, 3.8) is 0 Å². The number of unbranched alkanes of at least 4 members (excludes halogenated alkanes) is 3. The van der Waals surface area contributed by atoms with Crippen LogP contribution < -0.4 is 0 Å². The van der Waals surface area contributed by atoms with E-state index >= 15 is 0 Å². The van der Waals surface area contributed by atoms with Crippen LogP contribution in [0.3, 0.4) is 0 Å². The second-order valence-corrected chi connectivity index (χ2v) is 4.27. The Morgan fingerprint density at radius 3 is 2.00 bits per heavy atom. The number of ether oxygens (including phenoxy) is 2. The molecule has 0 fully saturated rings. The lowest BCUT2D eigenvalue weighted by Crippen LogP contribution is -2.16. The minimum atomic E-state index is -0.0433. The lowest BCUT2D eigenvalue weighted by molar-refractivity contribution is -0.138. The maximum atomic E-state index is 5.48. The summed E-state index contributed by atoms with van der Waals surface area (Å²) in [6.07, 6.45) is 15.7. The molecule has 0 rings (SSSR count). The summed E-state index contributed by atoms with van der Waals surface area (Å²) < 4.78 is 11.0. The summed E-state index contributed by atoms with van der Waals surface area (Å²) in [6.45, 7) is 7.66. The SMILES string of the molecule is CCCCC/C=C\C=C\CCC(OCC)OCC. The third-order valence-electron chi connectivity index (χ3n) is 2.63. The lowest BCUT2D eigenvalue weighted by Gasteiger charge is -2.15. The van der Waals surface area contributed by atoms with Crippen LogP contribution in [-0.2, 0) is 9.47 Å².